The summed E-state index contributed by atoms with van der Waals surface area (Å²) in [5.41, 5.74) is 0. The lowest BCUT2D eigenvalue weighted by Gasteiger charge is -1.97. The van der Waals surface area contributed by atoms with E-state index in [1.165, 1.54) is 0 Å². The second-order valence-corrected chi connectivity index (χ2v) is 5.07. The molecule has 4 heteroatoms. The van der Waals surface area contributed by atoms with Crippen LogP contribution in [0.4, 0.5) is 0 Å². The largest absolute Gasteiger partial charge is 0.385 e. The molecule has 1 aromatic rings. The van der Waals surface area contributed by atoms with Crippen molar-refractivity contribution in [3.05, 3.63) is 17.5 Å². The Labute approximate surface area is 79.0 Å². The van der Waals surface area contributed by atoms with Gasteiger partial charge in [-0.05, 0) is 17.9 Å². The summed E-state index contributed by atoms with van der Waals surface area (Å²) in [5.74, 6) is 0.703. The Morgan fingerprint density at radius 1 is 1.67 bits per heavy atom. The highest BCUT2D eigenvalue weighted by Gasteiger charge is 2.02. The second-order valence-electron chi connectivity index (χ2n) is 2.33. The van der Waals surface area contributed by atoms with Gasteiger partial charge in [0, 0.05) is 19.5 Å². The highest BCUT2D eigenvalue weighted by atomic mass is 32.2. The normalized spacial score (nSPS) is 13.1. The number of hydrogen-bond acceptors (Lipinski definition) is 3. The van der Waals surface area contributed by atoms with Crippen LogP contribution in [0.25, 0.3) is 0 Å². The number of rotatable bonds is 5. The summed E-state index contributed by atoms with van der Waals surface area (Å²) < 4.78 is 17.3. The monoisotopic (exact) mass is 204 g/mol. The zero-order chi connectivity index (χ0) is 8.81. The third kappa shape index (κ3) is 3.05. The minimum Gasteiger partial charge on any atom is -0.385 e. The molecule has 0 aliphatic heterocycles. The molecule has 0 radical (unpaired) electrons. The van der Waals surface area contributed by atoms with Crippen LogP contribution in [0.5, 0.6) is 0 Å². The first kappa shape index (κ1) is 9.89. The predicted molar refractivity (Wildman–Crippen MR) is 52.1 cm³/mol. The molecule has 0 spiro atoms. The van der Waals surface area contributed by atoms with Gasteiger partial charge in [-0.1, -0.05) is 6.07 Å². The zero-order valence-corrected chi connectivity index (χ0v) is 8.62. The quantitative estimate of drug-likeness (QED) is 0.685. The van der Waals surface area contributed by atoms with Crippen molar-refractivity contribution in [3.8, 4) is 0 Å². The Hall–Kier alpha value is -0.190. The van der Waals surface area contributed by atoms with Crippen LogP contribution in [-0.4, -0.2) is 23.7 Å². The Bertz CT molecular complexity index is 231. The average Bonchev–Trinajstić information content (AvgIpc) is 2.56. The highest BCUT2D eigenvalue weighted by Crippen LogP contribution is 2.14. The Morgan fingerprint density at radius 2 is 2.50 bits per heavy atom. The van der Waals surface area contributed by atoms with E-state index < -0.39 is 10.8 Å². The van der Waals surface area contributed by atoms with Crippen molar-refractivity contribution in [2.75, 3.05) is 19.5 Å². The molecule has 1 aromatic heterocycles. The molecule has 0 saturated heterocycles. The maximum absolute atomic E-state index is 11.4. The van der Waals surface area contributed by atoms with E-state index in [1.54, 1.807) is 18.4 Å². The molecule has 0 bridgehead atoms. The first-order valence-electron chi connectivity index (χ1n) is 3.75. The van der Waals surface area contributed by atoms with Crippen molar-refractivity contribution in [3.63, 3.8) is 0 Å². The fraction of sp³-hybridized carbons (Fsp3) is 0.500. The topological polar surface area (TPSA) is 26.3 Å². The third-order valence-electron chi connectivity index (χ3n) is 1.40. The lowest BCUT2D eigenvalue weighted by atomic mass is 10.5. The van der Waals surface area contributed by atoms with E-state index in [0.29, 0.717) is 12.4 Å². The van der Waals surface area contributed by atoms with E-state index >= 15 is 0 Å². The van der Waals surface area contributed by atoms with Crippen molar-refractivity contribution in [2.24, 2.45) is 0 Å². The predicted octanol–water partition coefficient (Wildman–Crippen LogP) is 1.89. The molecule has 0 amide bonds. The Balaban J connectivity index is 2.30. The Morgan fingerprint density at radius 3 is 3.08 bits per heavy atom. The van der Waals surface area contributed by atoms with Gasteiger partial charge in [0.2, 0.25) is 0 Å². The maximum atomic E-state index is 11.4. The first-order valence-corrected chi connectivity index (χ1v) is 5.95. The van der Waals surface area contributed by atoms with E-state index in [9.17, 15) is 4.21 Å². The molecule has 1 rings (SSSR count). The molecular formula is C8H12O2S2. The van der Waals surface area contributed by atoms with Gasteiger partial charge in [0.25, 0.3) is 0 Å². The fourth-order valence-corrected chi connectivity index (χ4v) is 2.93. The Kier molecular flexibility index (Phi) is 4.50. The van der Waals surface area contributed by atoms with Crippen LogP contribution >= 0.6 is 11.3 Å². The zero-order valence-electron chi connectivity index (χ0n) is 6.99. The molecular weight excluding hydrogens is 192 g/mol. The molecule has 1 atom stereocenters. The van der Waals surface area contributed by atoms with Crippen molar-refractivity contribution >= 4 is 22.1 Å². The van der Waals surface area contributed by atoms with Gasteiger partial charge in [-0.15, -0.1) is 11.3 Å². The van der Waals surface area contributed by atoms with Gasteiger partial charge in [0.1, 0.15) is 0 Å². The minimum atomic E-state index is -0.815. The smallest absolute Gasteiger partial charge is 0.0910 e. The molecule has 68 valence electrons. The summed E-state index contributed by atoms with van der Waals surface area (Å²) in [4.78, 5) is 0. The van der Waals surface area contributed by atoms with Gasteiger partial charge in [0.05, 0.1) is 15.0 Å². The number of hydrogen-bond donors (Lipinski definition) is 0. The number of ether oxygens (including phenoxy) is 1. The molecule has 1 unspecified atom stereocenters. The lowest BCUT2D eigenvalue weighted by Crippen LogP contribution is -1.99. The van der Waals surface area contributed by atoms with Crippen LogP contribution < -0.4 is 0 Å². The molecule has 12 heavy (non-hydrogen) atoms. The second kappa shape index (κ2) is 5.45. The van der Waals surface area contributed by atoms with Gasteiger partial charge in [-0.25, -0.2) is 0 Å². The lowest BCUT2D eigenvalue weighted by molar-refractivity contribution is 0.200. The summed E-state index contributed by atoms with van der Waals surface area (Å²) in [6.45, 7) is 0.692. The van der Waals surface area contributed by atoms with E-state index in [4.69, 9.17) is 4.74 Å². The van der Waals surface area contributed by atoms with Gasteiger partial charge in [0.15, 0.2) is 0 Å². The minimum absolute atomic E-state index is 0.692. The van der Waals surface area contributed by atoms with Gasteiger partial charge in [-0.2, -0.15) is 0 Å². The third-order valence-corrected chi connectivity index (χ3v) is 4.15. The molecule has 0 aromatic carbocycles. The fourth-order valence-electron chi connectivity index (χ4n) is 0.828. The summed E-state index contributed by atoms with van der Waals surface area (Å²) in [7, 11) is 0.846. The van der Waals surface area contributed by atoms with E-state index in [2.05, 4.69) is 0 Å². The van der Waals surface area contributed by atoms with Crippen LogP contribution in [-0.2, 0) is 15.5 Å². The first-order chi connectivity index (χ1) is 5.84. The van der Waals surface area contributed by atoms with Crippen molar-refractivity contribution in [2.45, 2.75) is 10.6 Å². The molecule has 0 N–H and O–H groups in total. The van der Waals surface area contributed by atoms with Crippen molar-refractivity contribution in [1.82, 2.24) is 0 Å². The maximum Gasteiger partial charge on any atom is 0.0910 e. The van der Waals surface area contributed by atoms with Crippen LogP contribution in [0.2, 0.25) is 0 Å². The van der Waals surface area contributed by atoms with Crippen molar-refractivity contribution in [1.29, 1.82) is 0 Å². The molecule has 1 heterocycles. The van der Waals surface area contributed by atoms with Crippen LogP contribution in [0.3, 0.4) is 0 Å². The number of thiophene rings is 1. The molecule has 0 aliphatic rings. The van der Waals surface area contributed by atoms with E-state index in [1.807, 2.05) is 17.5 Å². The van der Waals surface area contributed by atoms with Crippen LogP contribution in [0.15, 0.2) is 21.7 Å². The van der Waals surface area contributed by atoms with E-state index in [0.717, 1.165) is 10.6 Å². The number of methoxy groups -OCH3 is 1. The molecule has 0 aliphatic carbocycles. The molecule has 2 nitrogen and oxygen atoms in total. The summed E-state index contributed by atoms with van der Waals surface area (Å²) in [6.07, 6.45) is 0.862. The van der Waals surface area contributed by atoms with Crippen LogP contribution in [0, 0.1) is 0 Å². The van der Waals surface area contributed by atoms with Gasteiger partial charge in [-0.3, -0.25) is 4.21 Å². The highest BCUT2D eigenvalue weighted by molar-refractivity contribution is 7.87. The summed E-state index contributed by atoms with van der Waals surface area (Å²) in [5, 5.41) is 1.95. The van der Waals surface area contributed by atoms with Gasteiger partial charge >= 0.3 is 0 Å². The van der Waals surface area contributed by atoms with Crippen molar-refractivity contribution < 1.29 is 8.95 Å². The summed E-state index contributed by atoms with van der Waals surface area (Å²) >= 11 is 1.55. The summed E-state index contributed by atoms with van der Waals surface area (Å²) in [6, 6.07) is 3.84. The average molecular weight is 204 g/mol. The standard InChI is InChI=1S/C8H12O2S2/c1-10-5-3-7-12(9)8-4-2-6-11-8/h2,4,6H,3,5,7H2,1H3. The molecule has 0 fully saturated rings. The van der Waals surface area contributed by atoms with E-state index in [-0.39, 0.29) is 0 Å². The SMILES string of the molecule is COCCCS(=O)c1cccs1. The van der Waals surface area contributed by atoms with Crippen LogP contribution in [0.1, 0.15) is 6.42 Å². The van der Waals surface area contributed by atoms with Gasteiger partial charge < -0.3 is 4.74 Å². The molecule has 0 saturated carbocycles.